The summed E-state index contributed by atoms with van der Waals surface area (Å²) in [5.41, 5.74) is -2.05. The minimum absolute atomic E-state index is 0.201. The molecular weight excluding hydrogens is 180 g/mol. The molecule has 0 radical (unpaired) electrons. The molecule has 0 rings (SSSR count). The van der Waals surface area contributed by atoms with Gasteiger partial charge in [-0.25, -0.2) is 0 Å². The molecule has 0 aliphatic rings. The third-order valence-corrected chi connectivity index (χ3v) is 3.17. The minimum atomic E-state index is -1.03. The second-order valence-corrected chi connectivity index (χ2v) is 4.44. The standard InChI is InChI=1S/C11H24O3/c1-4-10(2,13)11(3,14)8-6-5-7-9-12/h12-14H,4-9H2,1-3H3/t10-,11-/m1/s1. The van der Waals surface area contributed by atoms with E-state index in [1.807, 2.05) is 6.92 Å². The van der Waals surface area contributed by atoms with Crippen LogP contribution in [0, 0.1) is 0 Å². The number of hydrogen-bond donors (Lipinski definition) is 3. The van der Waals surface area contributed by atoms with Gasteiger partial charge in [0.05, 0.1) is 11.2 Å². The predicted octanol–water partition coefficient (Wildman–Crippen LogP) is 1.45. The summed E-state index contributed by atoms with van der Waals surface area (Å²) in [6.07, 6.45) is 3.62. The maximum atomic E-state index is 10.0. The van der Waals surface area contributed by atoms with E-state index in [9.17, 15) is 10.2 Å². The number of rotatable bonds is 7. The predicted molar refractivity (Wildman–Crippen MR) is 57.1 cm³/mol. The smallest absolute Gasteiger partial charge is 0.0902 e. The largest absolute Gasteiger partial charge is 0.396 e. The first-order valence-electron chi connectivity index (χ1n) is 5.43. The van der Waals surface area contributed by atoms with Gasteiger partial charge in [0, 0.05) is 6.61 Å². The van der Waals surface area contributed by atoms with Crippen LogP contribution in [0.25, 0.3) is 0 Å². The summed E-state index contributed by atoms with van der Waals surface area (Å²) in [5.74, 6) is 0. The second-order valence-electron chi connectivity index (χ2n) is 4.44. The van der Waals surface area contributed by atoms with E-state index < -0.39 is 11.2 Å². The van der Waals surface area contributed by atoms with Crippen molar-refractivity contribution < 1.29 is 15.3 Å². The van der Waals surface area contributed by atoms with Crippen LogP contribution in [0.4, 0.5) is 0 Å². The third-order valence-electron chi connectivity index (χ3n) is 3.17. The molecule has 14 heavy (non-hydrogen) atoms. The van der Waals surface area contributed by atoms with Crippen LogP contribution < -0.4 is 0 Å². The number of aliphatic hydroxyl groups is 3. The first-order chi connectivity index (χ1) is 6.37. The van der Waals surface area contributed by atoms with Gasteiger partial charge >= 0.3 is 0 Å². The summed E-state index contributed by atoms with van der Waals surface area (Å²) in [5, 5.41) is 28.5. The van der Waals surface area contributed by atoms with Gasteiger partial charge in [0.25, 0.3) is 0 Å². The van der Waals surface area contributed by atoms with Gasteiger partial charge < -0.3 is 15.3 Å². The maximum Gasteiger partial charge on any atom is 0.0902 e. The summed E-state index contributed by atoms with van der Waals surface area (Å²) in [4.78, 5) is 0. The highest BCUT2D eigenvalue weighted by atomic mass is 16.4. The fourth-order valence-corrected chi connectivity index (χ4v) is 1.41. The fourth-order valence-electron chi connectivity index (χ4n) is 1.41. The topological polar surface area (TPSA) is 60.7 Å². The lowest BCUT2D eigenvalue weighted by atomic mass is 9.80. The zero-order chi connectivity index (χ0) is 11.2. The summed E-state index contributed by atoms with van der Waals surface area (Å²) < 4.78 is 0. The molecule has 0 aromatic rings. The SMILES string of the molecule is CC[C@@](C)(O)[C@](C)(O)CCCCCO. The molecule has 2 atom stereocenters. The number of hydrogen-bond acceptors (Lipinski definition) is 3. The van der Waals surface area contributed by atoms with Crippen LogP contribution in [0.15, 0.2) is 0 Å². The van der Waals surface area contributed by atoms with Crippen molar-refractivity contribution in [3.63, 3.8) is 0 Å². The van der Waals surface area contributed by atoms with Crippen molar-refractivity contribution in [2.24, 2.45) is 0 Å². The molecule has 0 saturated heterocycles. The van der Waals surface area contributed by atoms with Gasteiger partial charge in [-0.1, -0.05) is 19.8 Å². The van der Waals surface area contributed by atoms with E-state index in [0.29, 0.717) is 12.8 Å². The van der Waals surface area contributed by atoms with E-state index in [2.05, 4.69) is 0 Å². The Morgan fingerprint density at radius 3 is 1.93 bits per heavy atom. The van der Waals surface area contributed by atoms with Gasteiger partial charge in [-0.3, -0.25) is 0 Å². The van der Waals surface area contributed by atoms with Crippen LogP contribution in [0.1, 0.15) is 52.9 Å². The zero-order valence-corrected chi connectivity index (χ0v) is 9.58. The van der Waals surface area contributed by atoms with Gasteiger partial charge in [0.2, 0.25) is 0 Å². The summed E-state index contributed by atoms with van der Waals surface area (Å²) in [6.45, 7) is 5.41. The van der Waals surface area contributed by atoms with Gasteiger partial charge in [-0.15, -0.1) is 0 Å². The van der Waals surface area contributed by atoms with Crippen LogP contribution in [0.5, 0.6) is 0 Å². The molecule has 0 heterocycles. The zero-order valence-electron chi connectivity index (χ0n) is 9.58. The van der Waals surface area contributed by atoms with E-state index >= 15 is 0 Å². The minimum Gasteiger partial charge on any atom is -0.396 e. The molecule has 0 unspecified atom stereocenters. The molecule has 0 saturated carbocycles. The Bertz CT molecular complexity index is 153. The second kappa shape index (κ2) is 5.69. The molecule has 0 aromatic carbocycles. The van der Waals surface area contributed by atoms with Gasteiger partial charge in [0.1, 0.15) is 0 Å². The number of unbranched alkanes of at least 4 members (excludes halogenated alkanes) is 2. The Morgan fingerprint density at radius 2 is 1.50 bits per heavy atom. The van der Waals surface area contributed by atoms with Gasteiger partial charge in [-0.05, 0) is 33.1 Å². The quantitative estimate of drug-likeness (QED) is 0.550. The molecular formula is C11H24O3. The summed E-state index contributed by atoms with van der Waals surface area (Å²) >= 11 is 0. The van der Waals surface area contributed by atoms with E-state index in [4.69, 9.17) is 5.11 Å². The van der Waals surface area contributed by atoms with Crippen LogP contribution in [-0.2, 0) is 0 Å². The molecule has 3 N–H and O–H groups in total. The molecule has 3 nitrogen and oxygen atoms in total. The van der Waals surface area contributed by atoms with Crippen LogP contribution in [0.2, 0.25) is 0 Å². The first-order valence-corrected chi connectivity index (χ1v) is 5.43. The van der Waals surface area contributed by atoms with Gasteiger partial charge in [0.15, 0.2) is 0 Å². The Hall–Kier alpha value is -0.120. The molecule has 0 fully saturated rings. The molecule has 86 valence electrons. The van der Waals surface area contributed by atoms with E-state index in [1.165, 1.54) is 0 Å². The van der Waals surface area contributed by atoms with Crippen molar-refractivity contribution in [3.05, 3.63) is 0 Å². The number of aliphatic hydroxyl groups excluding tert-OH is 1. The molecule has 0 spiro atoms. The third kappa shape index (κ3) is 3.95. The van der Waals surface area contributed by atoms with Crippen LogP contribution in [0.3, 0.4) is 0 Å². The Morgan fingerprint density at radius 1 is 0.929 bits per heavy atom. The van der Waals surface area contributed by atoms with Crippen molar-refractivity contribution >= 4 is 0 Å². The summed E-state index contributed by atoms with van der Waals surface area (Å²) in [7, 11) is 0. The molecule has 0 aliphatic carbocycles. The molecule has 0 bridgehead atoms. The van der Waals surface area contributed by atoms with Crippen LogP contribution in [-0.4, -0.2) is 33.1 Å². The highest BCUT2D eigenvalue weighted by molar-refractivity contribution is 4.91. The molecule has 3 heteroatoms. The monoisotopic (exact) mass is 204 g/mol. The molecule has 0 amide bonds. The van der Waals surface area contributed by atoms with Gasteiger partial charge in [-0.2, -0.15) is 0 Å². The normalized spacial score (nSPS) is 20.1. The summed E-state index contributed by atoms with van der Waals surface area (Å²) in [6, 6.07) is 0. The van der Waals surface area contributed by atoms with E-state index in [0.717, 1.165) is 19.3 Å². The van der Waals surface area contributed by atoms with E-state index in [-0.39, 0.29) is 6.61 Å². The highest BCUT2D eigenvalue weighted by Gasteiger charge is 2.39. The highest BCUT2D eigenvalue weighted by Crippen LogP contribution is 2.29. The van der Waals surface area contributed by atoms with Crippen molar-refractivity contribution in [1.29, 1.82) is 0 Å². The van der Waals surface area contributed by atoms with Crippen molar-refractivity contribution in [2.75, 3.05) is 6.61 Å². The average molecular weight is 204 g/mol. The lowest BCUT2D eigenvalue weighted by Crippen LogP contribution is -2.49. The molecule has 0 aliphatic heterocycles. The van der Waals surface area contributed by atoms with Crippen molar-refractivity contribution in [1.82, 2.24) is 0 Å². The fraction of sp³-hybridized carbons (Fsp3) is 1.00. The Labute approximate surface area is 86.8 Å². The van der Waals surface area contributed by atoms with Crippen LogP contribution >= 0.6 is 0 Å². The van der Waals surface area contributed by atoms with E-state index in [1.54, 1.807) is 13.8 Å². The Kier molecular flexibility index (Phi) is 5.64. The lowest BCUT2D eigenvalue weighted by molar-refractivity contribution is -0.137. The molecule has 0 aromatic heterocycles. The Balaban J connectivity index is 3.94. The van der Waals surface area contributed by atoms with Crippen molar-refractivity contribution in [3.8, 4) is 0 Å². The maximum absolute atomic E-state index is 10.0. The lowest BCUT2D eigenvalue weighted by Gasteiger charge is -2.38. The van der Waals surface area contributed by atoms with Crippen molar-refractivity contribution in [2.45, 2.75) is 64.1 Å². The average Bonchev–Trinajstić information content (AvgIpc) is 2.12. The first kappa shape index (κ1) is 13.9.